The number of fused-ring (bicyclic) bond motifs is 1. The van der Waals surface area contributed by atoms with Gasteiger partial charge in [-0.3, -0.25) is 0 Å². The molecule has 0 bridgehead atoms. The minimum Gasteiger partial charge on any atom is -0.369 e. The zero-order chi connectivity index (χ0) is 13.8. The van der Waals surface area contributed by atoms with E-state index in [9.17, 15) is 4.79 Å². The molecule has 2 N–H and O–H groups in total. The second-order valence-electron chi connectivity index (χ2n) is 4.45. The maximum Gasteiger partial charge on any atom is 0.364 e. The van der Waals surface area contributed by atoms with Crippen molar-refractivity contribution in [2.24, 2.45) is 0 Å². The molecule has 0 atom stereocenters. The van der Waals surface area contributed by atoms with Crippen LogP contribution in [0.2, 0.25) is 0 Å². The van der Waals surface area contributed by atoms with Crippen LogP contribution in [0.1, 0.15) is 12.8 Å². The first-order valence-corrected chi connectivity index (χ1v) is 6.47. The van der Waals surface area contributed by atoms with E-state index in [1.807, 2.05) is 18.6 Å². The Labute approximate surface area is 114 Å². The van der Waals surface area contributed by atoms with Crippen molar-refractivity contribution in [2.45, 2.75) is 19.4 Å². The molecule has 0 amide bonds. The van der Waals surface area contributed by atoms with Crippen LogP contribution in [0.3, 0.4) is 0 Å². The summed E-state index contributed by atoms with van der Waals surface area (Å²) in [5.41, 5.74) is 0.185. The second kappa shape index (κ2) is 5.55. The summed E-state index contributed by atoms with van der Waals surface area (Å²) in [5, 5.41) is 13.5. The van der Waals surface area contributed by atoms with Crippen molar-refractivity contribution in [3.05, 3.63) is 41.3 Å². The van der Waals surface area contributed by atoms with E-state index in [4.69, 9.17) is 0 Å². The minimum absolute atomic E-state index is 0.330. The summed E-state index contributed by atoms with van der Waals surface area (Å²) >= 11 is 0. The fourth-order valence-electron chi connectivity index (χ4n) is 1.95. The molecule has 0 spiro atoms. The Morgan fingerprint density at radius 3 is 3.10 bits per heavy atom. The highest BCUT2D eigenvalue weighted by atomic mass is 16.2. The zero-order valence-corrected chi connectivity index (χ0v) is 10.9. The van der Waals surface area contributed by atoms with Gasteiger partial charge in [-0.05, 0) is 25.0 Å². The average molecular weight is 273 g/mol. The van der Waals surface area contributed by atoms with Crippen LogP contribution in [0.4, 0.5) is 5.82 Å². The Morgan fingerprint density at radius 2 is 2.25 bits per heavy atom. The molecular weight excluding hydrogens is 258 g/mol. The van der Waals surface area contributed by atoms with Crippen LogP contribution in [-0.4, -0.2) is 35.9 Å². The van der Waals surface area contributed by atoms with Crippen molar-refractivity contribution in [3.8, 4) is 0 Å². The number of aromatic nitrogens is 6. The summed E-state index contributed by atoms with van der Waals surface area (Å²) in [6.07, 6.45) is 7.61. The van der Waals surface area contributed by atoms with E-state index in [-0.39, 0.29) is 5.69 Å². The first-order chi connectivity index (χ1) is 9.83. The first kappa shape index (κ1) is 12.4. The van der Waals surface area contributed by atoms with Crippen molar-refractivity contribution in [1.82, 2.24) is 29.4 Å². The molecule has 20 heavy (non-hydrogen) atoms. The van der Waals surface area contributed by atoms with Gasteiger partial charge in [-0.25, -0.2) is 14.9 Å². The smallest absolute Gasteiger partial charge is 0.364 e. The first-order valence-electron chi connectivity index (χ1n) is 6.47. The summed E-state index contributed by atoms with van der Waals surface area (Å²) in [7, 11) is 0. The second-order valence-corrected chi connectivity index (χ2v) is 4.45. The maximum atomic E-state index is 11.4. The van der Waals surface area contributed by atoms with Gasteiger partial charge in [-0.2, -0.15) is 9.61 Å². The van der Waals surface area contributed by atoms with Crippen molar-refractivity contribution in [3.63, 3.8) is 0 Å². The molecule has 0 aliphatic heterocycles. The lowest BCUT2D eigenvalue weighted by molar-refractivity contribution is 0.620. The highest BCUT2D eigenvalue weighted by molar-refractivity contribution is 5.42. The van der Waals surface area contributed by atoms with Gasteiger partial charge in [0.15, 0.2) is 5.65 Å². The molecular formula is C12H15N7O. The Kier molecular flexibility index (Phi) is 3.44. The molecule has 104 valence electrons. The number of H-pyrrole nitrogens is 1. The zero-order valence-electron chi connectivity index (χ0n) is 10.9. The molecule has 8 nitrogen and oxygen atoms in total. The third kappa shape index (κ3) is 2.68. The average Bonchev–Trinajstić information content (AvgIpc) is 3.09. The molecule has 0 aromatic carbocycles. The van der Waals surface area contributed by atoms with Crippen molar-refractivity contribution in [1.29, 1.82) is 0 Å². The van der Waals surface area contributed by atoms with Crippen LogP contribution in [0.15, 0.2) is 35.6 Å². The van der Waals surface area contributed by atoms with E-state index < -0.39 is 0 Å². The van der Waals surface area contributed by atoms with E-state index in [1.165, 1.54) is 4.52 Å². The molecule has 0 unspecified atom stereocenters. The number of anilines is 1. The van der Waals surface area contributed by atoms with Gasteiger partial charge in [0.1, 0.15) is 5.82 Å². The predicted molar refractivity (Wildman–Crippen MR) is 73.6 cm³/mol. The van der Waals surface area contributed by atoms with Gasteiger partial charge in [0.2, 0.25) is 0 Å². The van der Waals surface area contributed by atoms with Crippen LogP contribution in [-0.2, 0) is 6.54 Å². The van der Waals surface area contributed by atoms with Gasteiger partial charge in [0, 0.05) is 25.5 Å². The fourth-order valence-corrected chi connectivity index (χ4v) is 1.95. The van der Waals surface area contributed by atoms with Crippen molar-refractivity contribution in [2.75, 3.05) is 11.9 Å². The third-order valence-electron chi connectivity index (χ3n) is 2.98. The number of nitrogens with zero attached hydrogens (tertiary/aromatic N) is 5. The van der Waals surface area contributed by atoms with E-state index in [2.05, 4.69) is 30.2 Å². The number of aryl methyl sites for hydroxylation is 1. The molecule has 0 aliphatic rings. The maximum absolute atomic E-state index is 11.4. The summed E-state index contributed by atoms with van der Waals surface area (Å²) in [6, 6.07) is 3.56. The van der Waals surface area contributed by atoms with Crippen LogP contribution >= 0.6 is 0 Å². The lowest BCUT2D eigenvalue weighted by Gasteiger charge is -2.05. The Morgan fingerprint density at radius 1 is 1.30 bits per heavy atom. The molecule has 0 fully saturated rings. The standard InChI is InChI=1S/C12H15N7O/c20-12-16-15-11-4-3-10(17-19(11)12)14-5-1-2-7-18-8-6-13-9-18/h3-4,6,8-9H,1-2,5,7H2,(H,14,17)(H,16,20). The molecule has 0 radical (unpaired) electrons. The van der Waals surface area contributed by atoms with Crippen LogP contribution in [0.5, 0.6) is 0 Å². The van der Waals surface area contributed by atoms with Gasteiger partial charge in [-0.1, -0.05) is 0 Å². The topological polar surface area (TPSA) is 92.9 Å². The number of nitrogens with one attached hydrogen (secondary N) is 2. The van der Waals surface area contributed by atoms with Crippen molar-refractivity contribution >= 4 is 11.5 Å². The van der Waals surface area contributed by atoms with Gasteiger partial charge in [-0.15, -0.1) is 5.10 Å². The fraction of sp³-hybridized carbons (Fsp3) is 0.333. The number of aromatic amines is 1. The summed E-state index contributed by atoms with van der Waals surface area (Å²) in [6.45, 7) is 1.76. The van der Waals surface area contributed by atoms with Gasteiger partial charge < -0.3 is 9.88 Å². The third-order valence-corrected chi connectivity index (χ3v) is 2.98. The quantitative estimate of drug-likeness (QED) is 0.638. The molecule has 3 aromatic heterocycles. The number of rotatable bonds is 6. The van der Waals surface area contributed by atoms with Gasteiger partial charge >= 0.3 is 5.69 Å². The van der Waals surface area contributed by atoms with E-state index in [0.29, 0.717) is 11.5 Å². The highest BCUT2D eigenvalue weighted by Crippen LogP contribution is 2.03. The molecule has 3 rings (SSSR count). The summed E-state index contributed by atoms with van der Waals surface area (Å²) in [4.78, 5) is 15.4. The summed E-state index contributed by atoms with van der Waals surface area (Å²) in [5.74, 6) is 0.670. The molecule has 3 aromatic rings. The highest BCUT2D eigenvalue weighted by Gasteiger charge is 2.02. The molecule has 8 heteroatoms. The van der Waals surface area contributed by atoms with E-state index in [1.54, 1.807) is 12.3 Å². The van der Waals surface area contributed by atoms with Crippen LogP contribution in [0, 0.1) is 0 Å². The normalized spacial score (nSPS) is 11.0. The molecule has 0 saturated heterocycles. The number of hydrogen-bond donors (Lipinski definition) is 2. The van der Waals surface area contributed by atoms with Gasteiger partial charge in [0.05, 0.1) is 6.33 Å². The van der Waals surface area contributed by atoms with E-state index in [0.717, 1.165) is 25.9 Å². The Balaban J connectivity index is 1.49. The Bertz CT molecular complexity index is 728. The molecule has 0 aliphatic carbocycles. The van der Waals surface area contributed by atoms with Crippen LogP contribution in [0.25, 0.3) is 5.65 Å². The SMILES string of the molecule is O=c1[nH]nc2ccc(NCCCCn3ccnc3)nn12. The van der Waals surface area contributed by atoms with Crippen LogP contribution < -0.4 is 11.0 Å². The number of unbranched alkanes of at least 4 members (excludes halogenated alkanes) is 1. The number of imidazole rings is 1. The lowest BCUT2D eigenvalue weighted by atomic mass is 10.3. The molecule has 3 heterocycles. The van der Waals surface area contributed by atoms with E-state index >= 15 is 0 Å². The lowest BCUT2D eigenvalue weighted by Crippen LogP contribution is -2.14. The largest absolute Gasteiger partial charge is 0.369 e. The predicted octanol–water partition coefficient (Wildman–Crippen LogP) is 0.506. The summed E-state index contributed by atoms with van der Waals surface area (Å²) < 4.78 is 3.29. The molecule has 0 saturated carbocycles. The Hall–Kier alpha value is -2.64. The van der Waals surface area contributed by atoms with Crippen molar-refractivity contribution < 1.29 is 0 Å². The monoisotopic (exact) mass is 273 g/mol. The number of hydrogen-bond acceptors (Lipinski definition) is 5. The van der Waals surface area contributed by atoms with Gasteiger partial charge in [0.25, 0.3) is 0 Å². The minimum atomic E-state index is -0.330.